The largest absolute Gasteiger partial charge is 0.299 e. The summed E-state index contributed by atoms with van der Waals surface area (Å²) in [6, 6.07) is 1.63. The van der Waals surface area contributed by atoms with E-state index in [1.54, 1.807) is 6.07 Å². The zero-order valence-electron chi connectivity index (χ0n) is 8.01. The van der Waals surface area contributed by atoms with Crippen LogP contribution < -0.4 is 0 Å². The number of hydrogen-bond acceptors (Lipinski definition) is 2. The van der Waals surface area contributed by atoms with Gasteiger partial charge in [0.25, 0.3) is 0 Å². The van der Waals surface area contributed by atoms with Gasteiger partial charge in [0.1, 0.15) is 11.9 Å². The third kappa shape index (κ3) is 2.27. The number of alkyl halides is 1. The molecular weight excluding hydrogens is 169 g/mol. The highest BCUT2D eigenvalue weighted by molar-refractivity contribution is 5.80. The first-order valence-electron chi connectivity index (χ1n) is 4.60. The normalized spacial score (nSPS) is 32.4. The Labute approximate surface area is 77.7 Å². The van der Waals surface area contributed by atoms with Gasteiger partial charge in [0.15, 0.2) is 5.67 Å². The molecule has 0 saturated heterocycles. The molecule has 0 aliphatic heterocycles. The smallest absolute Gasteiger partial charge is 0.196 e. The Morgan fingerprint density at radius 3 is 2.62 bits per heavy atom. The van der Waals surface area contributed by atoms with E-state index in [0.29, 0.717) is 6.42 Å². The first kappa shape index (κ1) is 10.2. The average molecular weight is 183 g/mol. The van der Waals surface area contributed by atoms with E-state index in [4.69, 9.17) is 5.26 Å². The van der Waals surface area contributed by atoms with Crippen LogP contribution >= 0.6 is 0 Å². The Kier molecular flexibility index (Phi) is 2.70. The molecule has 0 atom stereocenters. The molecule has 1 rings (SSSR count). The van der Waals surface area contributed by atoms with Crippen LogP contribution in [0.1, 0.15) is 33.1 Å². The zero-order valence-corrected chi connectivity index (χ0v) is 8.01. The lowest BCUT2D eigenvalue weighted by atomic mass is 9.70. The lowest BCUT2D eigenvalue weighted by molar-refractivity contribution is -0.124. The third-order valence-electron chi connectivity index (χ3n) is 2.56. The van der Waals surface area contributed by atoms with Gasteiger partial charge in [-0.1, -0.05) is 13.8 Å². The molecule has 0 unspecified atom stereocenters. The van der Waals surface area contributed by atoms with Gasteiger partial charge in [0.2, 0.25) is 0 Å². The fraction of sp³-hybridized carbons (Fsp3) is 0.800. The second-order valence-electron chi connectivity index (χ2n) is 4.18. The Hall–Kier alpha value is -0.910. The number of hydrogen-bond donors (Lipinski definition) is 0. The van der Waals surface area contributed by atoms with Crippen molar-refractivity contribution in [3.05, 3.63) is 0 Å². The first-order valence-corrected chi connectivity index (χ1v) is 4.60. The van der Waals surface area contributed by atoms with Crippen LogP contribution in [0.15, 0.2) is 0 Å². The lowest BCUT2D eigenvalue weighted by Crippen LogP contribution is -2.39. The summed E-state index contributed by atoms with van der Waals surface area (Å²) in [6.45, 7) is 3.68. The minimum atomic E-state index is -1.64. The second-order valence-corrected chi connectivity index (χ2v) is 4.18. The van der Waals surface area contributed by atoms with Gasteiger partial charge in [-0.15, -0.1) is 0 Å². The third-order valence-corrected chi connectivity index (χ3v) is 2.56. The van der Waals surface area contributed by atoms with Crippen molar-refractivity contribution in [2.45, 2.75) is 38.8 Å². The van der Waals surface area contributed by atoms with Crippen LogP contribution in [0.4, 0.5) is 4.39 Å². The van der Waals surface area contributed by atoms with Crippen LogP contribution in [0.5, 0.6) is 0 Å². The average Bonchev–Trinajstić information content (AvgIpc) is 2.01. The van der Waals surface area contributed by atoms with E-state index in [1.807, 2.05) is 13.8 Å². The predicted molar refractivity (Wildman–Crippen MR) is 46.6 cm³/mol. The van der Waals surface area contributed by atoms with Gasteiger partial charge in [0.05, 0.1) is 0 Å². The van der Waals surface area contributed by atoms with Crippen LogP contribution in [0.25, 0.3) is 0 Å². The first-order chi connectivity index (χ1) is 5.97. The fourth-order valence-electron chi connectivity index (χ4n) is 1.61. The van der Waals surface area contributed by atoms with Gasteiger partial charge in [-0.2, -0.15) is 5.26 Å². The van der Waals surface area contributed by atoms with Crippen molar-refractivity contribution >= 4 is 5.78 Å². The van der Waals surface area contributed by atoms with E-state index in [2.05, 4.69) is 0 Å². The van der Waals surface area contributed by atoms with Crippen molar-refractivity contribution in [3.8, 4) is 6.07 Å². The molecule has 0 bridgehead atoms. The summed E-state index contributed by atoms with van der Waals surface area (Å²) in [5.41, 5.74) is -1.64. The number of nitrogens with zero attached hydrogens (tertiary/aromatic N) is 1. The molecule has 1 aliphatic rings. The maximum atomic E-state index is 13.1. The number of halogens is 1. The molecule has 1 saturated carbocycles. The van der Waals surface area contributed by atoms with E-state index in [-0.39, 0.29) is 30.5 Å². The molecule has 1 aliphatic carbocycles. The highest BCUT2D eigenvalue weighted by Crippen LogP contribution is 2.42. The van der Waals surface area contributed by atoms with Crippen LogP contribution in [0.2, 0.25) is 0 Å². The molecule has 2 nitrogen and oxygen atoms in total. The number of rotatable bonds is 3. The monoisotopic (exact) mass is 183 g/mol. The summed E-state index contributed by atoms with van der Waals surface area (Å²) in [7, 11) is 0. The van der Waals surface area contributed by atoms with Crippen molar-refractivity contribution in [3.63, 3.8) is 0 Å². The molecule has 0 aromatic heterocycles. The van der Waals surface area contributed by atoms with Crippen molar-refractivity contribution < 1.29 is 9.18 Å². The Balaban J connectivity index is 2.31. The standard InChI is InChI=1S/C10H14FNO/c1-7(2)9(13)3-8-4-10(11,5-8)6-12/h7-8H,3-5H2,1-2H3. The predicted octanol–water partition coefficient (Wildman–Crippen LogP) is 2.24. The van der Waals surface area contributed by atoms with Crippen molar-refractivity contribution in [2.75, 3.05) is 0 Å². The summed E-state index contributed by atoms with van der Waals surface area (Å²) in [6.07, 6.45) is 0.912. The van der Waals surface area contributed by atoms with Crippen molar-refractivity contribution in [1.82, 2.24) is 0 Å². The minimum Gasteiger partial charge on any atom is -0.299 e. The van der Waals surface area contributed by atoms with Crippen LogP contribution in [0, 0.1) is 23.2 Å². The van der Waals surface area contributed by atoms with Gasteiger partial charge in [0, 0.05) is 12.3 Å². The molecule has 3 heteroatoms. The Morgan fingerprint density at radius 2 is 2.23 bits per heavy atom. The van der Waals surface area contributed by atoms with E-state index in [0.717, 1.165) is 0 Å². The second kappa shape index (κ2) is 3.45. The van der Waals surface area contributed by atoms with Crippen molar-refractivity contribution in [2.24, 2.45) is 11.8 Å². The van der Waals surface area contributed by atoms with Gasteiger partial charge >= 0.3 is 0 Å². The maximum absolute atomic E-state index is 13.1. The molecule has 0 aromatic rings. The molecule has 0 radical (unpaired) electrons. The van der Waals surface area contributed by atoms with E-state index < -0.39 is 5.67 Å². The summed E-state index contributed by atoms with van der Waals surface area (Å²) in [4.78, 5) is 11.2. The van der Waals surface area contributed by atoms with Gasteiger partial charge in [-0.05, 0) is 18.8 Å². The molecule has 0 heterocycles. The zero-order chi connectivity index (χ0) is 10.1. The molecule has 0 N–H and O–H groups in total. The Morgan fingerprint density at radius 1 is 1.69 bits per heavy atom. The van der Waals surface area contributed by atoms with Crippen LogP contribution in [0.3, 0.4) is 0 Å². The highest BCUT2D eigenvalue weighted by Gasteiger charge is 2.45. The SMILES string of the molecule is CC(C)C(=O)CC1CC(F)(C#N)C1. The molecule has 72 valence electrons. The van der Waals surface area contributed by atoms with Gasteiger partial charge < -0.3 is 0 Å². The Bertz CT molecular complexity index is 248. The van der Waals surface area contributed by atoms with E-state index in [1.165, 1.54) is 0 Å². The van der Waals surface area contributed by atoms with E-state index >= 15 is 0 Å². The van der Waals surface area contributed by atoms with Crippen LogP contribution in [-0.2, 0) is 4.79 Å². The fourth-order valence-corrected chi connectivity index (χ4v) is 1.61. The summed E-state index contributed by atoms with van der Waals surface area (Å²) in [5.74, 6) is 0.293. The number of Topliss-reactive ketones (excluding diaryl/α,β-unsaturated/α-hetero) is 1. The molecule has 1 fully saturated rings. The van der Waals surface area contributed by atoms with Gasteiger partial charge in [-0.3, -0.25) is 4.79 Å². The molecule has 13 heavy (non-hydrogen) atoms. The number of carbonyl (C=O) groups is 1. The highest BCUT2D eigenvalue weighted by atomic mass is 19.1. The summed E-state index contributed by atoms with van der Waals surface area (Å²) in [5, 5.41) is 8.40. The van der Waals surface area contributed by atoms with Crippen LogP contribution in [-0.4, -0.2) is 11.5 Å². The minimum absolute atomic E-state index is 0.0247. The summed E-state index contributed by atoms with van der Waals surface area (Å²) >= 11 is 0. The lowest BCUT2D eigenvalue weighted by Gasteiger charge is -2.35. The summed E-state index contributed by atoms with van der Waals surface area (Å²) < 4.78 is 13.1. The van der Waals surface area contributed by atoms with Gasteiger partial charge in [-0.25, -0.2) is 4.39 Å². The maximum Gasteiger partial charge on any atom is 0.196 e. The number of nitriles is 1. The van der Waals surface area contributed by atoms with Crippen molar-refractivity contribution in [1.29, 1.82) is 5.26 Å². The molecule has 0 amide bonds. The molecule has 0 spiro atoms. The molecular formula is C10H14FNO. The number of ketones is 1. The topological polar surface area (TPSA) is 40.9 Å². The number of carbonyl (C=O) groups excluding carboxylic acids is 1. The quantitative estimate of drug-likeness (QED) is 0.673. The molecule has 0 aromatic carbocycles. The van der Waals surface area contributed by atoms with E-state index in [9.17, 15) is 9.18 Å².